The van der Waals surface area contributed by atoms with E-state index in [1.54, 1.807) is 12.1 Å². The lowest BCUT2D eigenvalue weighted by Crippen LogP contribution is -2.47. The van der Waals surface area contributed by atoms with E-state index in [9.17, 15) is 19.8 Å². The molecule has 0 bridgehead atoms. The van der Waals surface area contributed by atoms with Crippen LogP contribution in [-0.2, 0) is 16.0 Å². The van der Waals surface area contributed by atoms with Gasteiger partial charge in [-0.3, -0.25) is 4.79 Å². The summed E-state index contributed by atoms with van der Waals surface area (Å²) < 4.78 is 0.785. The van der Waals surface area contributed by atoms with Gasteiger partial charge in [0.05, 0.1) is 0 Å². The molecule has 5 nitrogen and oxygen atoms in total. The van der Waals surface area contributed by atoms with Crippen LogP contribution in [-0.4, -0.2) is 34.2 Å². The summed E-state index contributed by atoms with van der Waals surface area (Å²) in [5.74, 6) is -1.63. The number of hydrogen-bond acceptors (Lipinski definition) is 3. The lowest BCUT2D eigenvalue weighted by atomic mass is 10.0. The zero-order valence-electron chi connectivity index (χ0n) is 12.0. The fourth-order valence-corrected chi connectivity index (χ4v) is 2.35. The summed E-state index contributed by atoms with van der Waals surface area (Å²) in [6, 6.07) is 6.15. The third-order valence-corrected chi connectivity index (χ3v) is 3.77. The quantitative estimate of drug-likeness (QED) is 0.696. The third-order valence-electron chi connectivity index (χ3n) is 2.99. The van der Waals surface area contributed by atoms with Gasteiger partial charge in [0.1, 0.15) is 12.1 Å². The molecule has 0 aliphatic carbocycles. The first-order valence-electron chi connectivity index (χ1n) is 6.76. The van der Waals surface area contributed by atoms with Gasteiger partial charge in [0.2, 0.25) is 5.91 Å². The van der Waals surface area contributed by atoms with Crippen molar-refractivity contribution < 1.29 is 19.8 Å². The molecule has 0 aromatic heterocycles. The second-order valence-corrected chi connectivity index (χ2v) is 6.19. The number of aliphatic carboxylic acids is 1. The molecule has 0 saturated heterocycles. The molecule has 1 aromatic rings. The Labute approximate surface area is 132 Å². The highest BCUT2D eigenvalue weighted by Crippen LogP contribution is 2.17. The summed E-state index contributed by atoms with van der Waals surface area (Å²) in [5.41, 5.74) is 0.781. The van der Waals surface area contributed by atoms with E-state index < -0.39 is 24.0 Å². The van der Waals surface area contributed by atoms with Gasteiger partial charge in [0, 0.05) is 10.9 Å². The van der Waals surface area contributed by atoms with Crippen LogP contribution in [0.1, 0.15) is 25.8 Å². The second-order valence-electron chi connectivity index (χ2n) is 5.34. The molecule has 0 spiro atoms. The Morgan fingerprint density at radius 2 is 1.90 bits per heavy atom. The number of aliphatic hydroxyl groups is 1. The summed E-state index contributed by atoms with van der Waals surface area (Å²) in [4.78, 5) is 23.1. The van der Waals surface area contributed by atoms with Crippen molar-refractivity contribution in [1.82, 2.24) is 5.32 Å². The largest absolute Gasteiger partial charge is 0.480 e. The Balaban J connectivity index is 2.73. The molecule has 6 heteroatoms. The van der Waals surface area contributed by atoms with E-state index in [-0.39, 0.29) is 12.3 Å². The number of aliphatic hydroxyl groups excluding tert-OH is 1. The van der Waals surface area contributed by atoms with Gasteiger partial charge < -0.3 is 15.5 Å². The molecular formula is C15H20BrNO4. The van der Waals surface area contributed by atoms with Gasteiger partial charge in [-0.15, -0.1) is 0 Å². The van der Waals surface area contributed by atoms with Crippen LogP contribution in [0.4, 0.5) is 0 Å². The van der Waals surface area contributed by atoms with Gasteiger partial charge in [0.25, 0.3) is 0 Å². The van der Waals surface area contributed by atoms with Crippen molar-refractivity contribution in [3.8, 4) is 0 Å². The molecule has 1 rings (SSSR count). The van der Waals surface area contributed by atoms with Crippen molar-refractivity contribution in [2.45, 2.75) is 38.8 Å². The van der Waals surface area contributed by atoms with Crippen LogP contribution in [0.15, 0.2) is 28.7 Å². The zero-order chi connectivity index (χ0) is 16.0. The normalized spacial score (nSPS) is 13.8. The molecule has 21 heavy (non-hydrogen) atoms. The Hall–Kier alpha value is -1.40. The van der Waals surface area contributed by atoms with Gasteiger partial charge in [-0.25, -0.2) is 4.79 Å². The minimum absolute atomic E-state index is 0.150. The third kappa shape index (κ3) is 5.85. The van der Waals surface area contributed by atoms with Gasteiger partial charge in [-0.1, -0.05) is 48.0 Å². The van der Waals surface area contributed by atoms with Crippen LogP contribution in [0.5, 0.6) is 0 Å². The molecule has 0 heterocycles. The van der Waals surface area contributed by atoms with Crippen LogP contribution in [0.2, 0.25) is 0 Å². The van der Waals surface area contributed by atoms with Gasteiger partial charge in [-0.2, -0.15) is 0 Å². The van der Waals surface area contributed by atoms with Crippen molar-refractivity contribution in [3.63, 3.8) is 0 Å². The number of carboxylic acid groups (broad SMARTS) is 1. The van der Waals surface area contributed by atoms with Gasteiger partial charge in [0.15, 0.2) is 0 Å². The highest BCUT2D eigenvalue weighted by molar-refractivity contribution is 9.10. The van der Waals surface area contributed by atoms with Crippen LogP contribution in [0, 0.1) is 5.92 Å². The molecule has 0 unspecified atom stereocenters. The van der Waals surface area contributed by atoms with Crippen molar-refractivity contribution in [1.29, 1.82) is 0 Å². The molecule has 0 aliphatic heterocycles. The van der Waals surface area contributed by atoms with E-state index >= 15 is 0 Å². The molecule has 1 aromatic carbocycles. The number of benzene rings is 1. The topological polar surface area (TPSA) is 86.6 Å². The first kappa shape index (κ1) is 17.7. The molecule has 3 N–H and O–H groups in total. The maximum absolute atomic E-state index is 11.8. The fraction of sp³-hybridized carbons (Fsp3) is 0.467. The number of carbonyl (C=O) groups is 2. The Morgan fingerprint density at radius 1 is 1.29 bits per heavy atom. The average Bonchev–Trinajstić information content (AvgIpc) is 2.39. The minimum atomic E-state index is -1.19. The van der Waals surface area contributed by atoms with E-state index in [1.807, 2.05) is 26.0 Å². The molecule has 0 saturated carbocycles. The van der Waals surface area contributed by atoms with Crippen LogP contribution in [0.3, 0.4) is 0 Å². The molecule has 1 amide bonds. The summed E-state index contributed by atoms with van der Waals surface area (Å²) in [6.07, 6.45) is -0.740. The predicted octanol–water partition coefficient (Wildman–Crippen LogP) is 1.97. The van der Waals surface area contributed by atoms with Crippen LogP contribution >= 0.6 is 15.9 Å². The lowest BCUT2D eigenvalue weighted by molar-refractivity contribution is -0.143. The number of amides is 1. The number of nitrogens with one attached hydrogen (secondary N) is 1. The maximum Gasteiger partial charge on any atom is 0.326 e. The first-order valence-corrected chi connectivity index (χ1v) is 7.55. The first-order chi connectivity index (χ1) is 9.81. The van der Waals surface area contributed by atoms with Crippen molar-refractivity contribution in [2.75, 3.05) is 0 Å². The summed E-state index contributed by atoms with van der Waals surface area (Å²) in [5, 5.41) is 21.3. The van der Waals surface area contributed by atoms with E-state index in [1.165, 1.54) is 0 Å². The zero-order valence-corrected chi connectivity index (χ0v) is 13.6. The summed E-state index contributed by atoms with van der Waals surface area (Å²) in [6.45, 7) is 3.76. The Kier molecular flexibility index (Phi) is 6.84. The summed E-state index contributed by atoms with van der Waals surface area (Å²) in [7, 11) is 0. The smallest absolute Gasteiger partial charge is 0.326 e. The van der Waals surface area contributed by atoms with Crippen molar-refractivity contribution in [3.05, 3.63) is 34.3 Å². The lowest BCUT2D eigenvalue weighted by Gasteiger charge is -2.18. The minimum Gasteiger partial charge on any atom is -0.480 e. The van der Waals surface area contributed by atoms with E-state index in [0.29, 0.717) is 6.42 Å². The second kappa shape index (κ2) is 8.14. The monoisotopic (exact) mass is 357 g/mol. The van der Waals surface area contributed by atoms with E-state index in [2.05, 4.69) is 21.2 Å². The van der Waals surface area contributed by atoms with Crippen LogP contribution < -0.4 is 5.32 Å². The fourth-order valence-electron chi connectivity index (χ4n) is 1.91. The molecule has 0 fully saturated rings. The molecular weight excluding hydrogens is 338 g/mol. The van der Waals surface area contributed by atoms with Crippen molar-refractivity contribution in [2.24, 2.45) is 5.92 Å². The molecule has 0 aliphatic rings. The number of carbonyl (C=O) groups excluding carboxylic acids is 1. The highest BCUT2D eigenvalue weighted by atomic mass is 79.9. The highest BCUT2D eigenvalue weighted by Gasteiger charge is 2.25. The molecule has 0 radical (unpaired) electrons. The predicted molar refractivity (Wildman–Crippen MR) is 82.9 cm³/mol. The number of carboxylic acids is 1. The number of hydrogen-bond donors (Lipinski definition) is 3. The van der Waals surface area contributed by atoms with Gasteiger partial charge >= 0.3 is 5.97 Å². The standard InChI is InChI=1S/C15H20BrNO4/c1-9(2)7-13(18)14(19)17-12(15(20)21)8-10-5-3-4-6-11(10)16/h3-6,9,12-13,18H,7-8H2,1-2H3,(H,17,19)(H,20,21)/t12-,13-/m0/s1. The van der Waals surface area contributed by atoms with E-state index in [4.69, 9.17) is 0 Å². The number of halogens is 1. The maximum atomic E-state index is 11.8. The van der Waals surface area contributed by atoms with Crippen LogP contribution in [0.25, 0.3) is 0 Å². The van der Waals surface area contributed by atoms with Gasteiger partial charge in [-0.05, 0) is 24.0 Å². The van der Waals surface area contributed by atoms with Crippen molar-refractivity contribution >= 4 is 27.8 Å². The summed E-state index contributed by atoms with van der Waals surface area (Å²) >= 11 is 3.35. The van der Waals surface area contributed by atoms with E-state index in [0.717, 1.165) is 10.0 Å². The molecule has 2 atom stereocenters. The number of rotatable bonds is 7. The SMILES string of the molecule is CC(C)C[C@H](O)C(=O)N[C@@H](Cc1ccccc1Br)C(=O)O. The molecule has 116 valence electrons. The Bertz CT molecular complexity index is 504. The Morgan fingerprint density at radius 3 is 2.43 bits per heavy atom. The average molecular weight is 358 g/mol.